The highest BCUT2D eigenvalue weighted by Crippen LogP contribution is 2.25. The SMILES string of the molecule is CN=C(NCC(C)(C)c1cccc(F)c1)N1CCS(=O)(=O)C(C)(C)C1.I. The van der Waals surface area contributed by atoms with Gasteiger partial charge in [0.15, 0.2) is 15.8 Å². The Balaban J connectivity index is 0.00000338. The summed E-state index contributed by atoms with van der Waals surface area (Å²) in [5, 5.41) is 3.32. The van der Waals surface area contributed by atoms with Crippen LogP contribution in [0.5, 0.6) is 0 Å². The van der Waals surface area contributed by atoms with Crippen LogP contribution in [-0.2, 0) is 15.3 Å². The highest BCUT2D eigenvalue weighted by atomic mass is 127. The van der Waals surface area contributed by atoms with Crippen molar-refractivity contribution in [3.8, 4) is 0 Å². The van der Waals surface area contributed by atoms with Crippen molar-refractivity contribution in [3.63, 3.8) is 0 Å². The van der Waals surface area contributed by atoms with E-state index in [1.54, 1.807) is 33.0 Å². The first-order chi connectivity index (χ1) is 11.5. The molecular formula is C18H29FIN3O2S. The van der Waals surface area contributed by atoms with Gasteiger partial charge in [-0.25, -0.2) is 12.8 Å². The van der Waals surface area contributed by atoms with Gasteiger partial charge in [-0.2, -0.15) is 0 Å². The van der Waals surface area contributed by atoms with Crippen LogP contribution in [0.2, 0.25) is 0 Å². The van der Waals surface area contributed by atoms with Crippen LogP contribution in [0.4, 0.5) is 4.39 Å². The molecular weight excluding hydrogens is 468 g/mol. The zero-order valence-electron chi connectivity index (χ0n) is 16.0. The van der Waals surface area contributed by atoms with Gasteiger partial charge in [0.05, 0.1) is 10.5 Å². The molecule has 0 unspecified atom stereocenters. The number of hydrogen-bond donors (Lipinski definition) is 1. The molecule has 0 atom stereocenters. The van der Waals surface area contributed by atoms with E-state index in [0.29, 0.717) is 25.6 Å². The molecule has 1 aliphatic rings. The Hall–Kier alpha value is -0.900. The molecule has 26 heavy (non-hydrogen) atoms. The van der Waals surface area contributed by atoms with E-state index in [-0.39, 0.29) is 41.0 Å². The third-order valence-corrected chi connectivity index (χ3v) is 7.38. The highest BCUT2D eigenvalue weighted by Gasteiger charge is 2.41. The fourth-order valence-electron chi connectivity index (χ4n) is 2.97. The molecule has 8 heteroatoms. The Morgan fingerprint density at radius 3 is 2.58 bits per heavy atom. The molecule has 0 aromatic heterocycles. The molecule has 0 amide bonds. The lowest BCUT2D eigenvalue weighted by Gasteiger charge is -2.40. The van der Waals surface area contributed by atoms with Crippen molar-refractivity contribution in [3.05, 3.63) is 35.6 Å². The van der Waals surface area contributed by atoms with Gasteiger partial charge >= 0.3 is 0 Å². The van der Waals surface area contributed by atoms with Gasteiger partial charge in [0.1, 0.15) is 5.82 Å². The van der Waals surface area contributed by atoms with Gasteiger partial charge in [0.25, 0.3) is 0 Å². The number of aliphatic imine (C=N–C) groups is 1. The first-order valence-electron chi connectivity index (χ1n) is 8.42. The van der Waals surface area contributed by atoms with Crippen LogP contribution in [-0.4, -0.2) is 56.5 Å². The highest BCUT2D eigenvalue weighted by molar-refractivity contribution is 14.0. The van der Waals surface area contributed by atoms with Crippen LogP contribution in [0.3, 0.4) is 0 Å². The normalized spacial score (nSPS) is 19.6. The number of guanidine groups is 1. The van der Waals surface area contributed by atoms with E-state index in [9.17, 15) is 12.8 Å². The summed E-state index contributed by atoms with van der Waals surface area (Å²) < 4.78 is 37.0. The summed E-state index contributed by atoms with van der Waals surface area (Å²) in [6, 6.07) is 6.59. The van der Waals surface area contributed by atoms with E-state index in [1.165, 1.54) is 6.07 Å². The minimum atomic E-state index is -3.09. The van der Waals surface area contributed by atoms with Crippen molar-refractivity contribution in [2.24, 2.45) is 4.99 Å². The second-order valence-corrected chi connectivity index (χ2v) is 10.5. The summed E-state index contributed by atoms with van der Waals surface area (Å²) in [5.41, 5.74) is 0.604. The van der Waals surface area contributed by atoms with Gasteiger partial charge in [-0.05, 0) is 31.5 Å². The number of benzene rings is 1. The zero-order chi connectivity index (χ0) is 18.9. The Morgan fingerprint density at radius 1 is 1.38 bits per heavy atom. The van der Waals surface area contributed by atoms with Crippen LogP contribution < -0.4 is 5.32 Å². The van der Waals surface area contributed by atoms with Crippen LogP contribution in [0.1, 0.15) is 33.3 Å². The Kier molecular flexibility index (Phi) is 7.49. The van der Waals surface area contributed by atoms with Gasteiger partial charge in [-0.15, -0.1) is 24.0 Å². The number of hydrogen-bond acceptors (Lipinski definition) is 3. The fourth-order valence-corrected chi connectivity index (χ4v) is 4.33. The molecule has 0 aliphatic carbocycles. The summed E-state index contributed by atoms with van der Waals surface area (Å²) >= 11 is 0. The molecule has 148 valence electrons. The van der Waals surface area contributed by atoms with E-state index in [1.807, 2.05) is 24.8 Å². The third-order valence-electron chi connectivity index (χ3n) is 4.85. The van der Waals surface area contributed by atoms with Crippen molar-refractivity contribution in [2.45, 2.75) is 37.9 Å². The van der Waals surface area contributed by atoms with Crippen LogP contribution in [0.25, 0.3) is 0 Å². The molecule has 1 N–H and O–H groups in total. The number of rotatable bonds is 3. The molecule has 1 aromatic carbocycles. The monoisotopic (exact) mass is 497 g/mol. The Morgan fingerprint density at radius 2 is 2.04 bits per heavy atom. The lowest BCUT2D eigenvalue weighted by atomic mass is 9.84. The lowest BCUT2D eigenvalue weighted by molar-refractivity contribution is 0.349. The molecule has 5 nitrogen and oxygen atoms in total. The van der Waals surface area contributed by atoms with E-state index in [2.05, 4.69) is 10.3 Å². The summed E-state index contributed by atoms with van der Waals surface area (Å²) in [4.78, 5) is 6.28. The second kappa shape index (κ2) is 8.41. The molecule has 0 spiro atoms. The third kappa shape index (κ3) is 5.09. The zero-order valence-corrected chi connectivity index (χ0v) is 19.2. The predicted octanol–water partition coefficient (Wildman–Crippen LogP) is 2.81. The Bertz CT molecular complexity index is 763. The molecule has 0 saturated carbocycles. The quantitative estimate of drug-likeness (QED) is 0.397. The molecule has 1 fully saturated rings. The maximum atomic E-state index is 13.5. The van der Waals surface area contributed by atoms with E-state index in [4.69, 9.17) is 0 Å². The fraction of sp³-hybridized carbons (Fsp3) is 0.611. The van der Waals surface area contributed by atoms with Gasteiger partial charge < -0.3 is 10.2 Å². The number of sulfone groups is 1. The standard InChI is InChI=1S/C18H28FN3O2S.HI/c1-17(2,14-7-6-8-15(19)11-14)12-21-16(20-5)22-9-10-25(23,24)18(3,4)13-22;/h6-8,11H,9-10,12-13H2,1-5H3,(H,20,21);1H. The first kappa shape index (κ1) is 23.1. The molecule has 1 heterocycles. The molecule has 1 aliphatic heterocycles. The molecule has 1 saturated heterocycles. The minimum Gasteiger partial charge on any atom is -0.355 e. The topological polar surface area (TPSA) is 61.8 Å². The number of nitrogens with one attached hydrogen (secondary N) is 1. The maximum absolute atomic E-state index is 13.5. The molecule has 1 aromatic rings. The lowest BCUT2D eigenvalue weighted by Crippen LogP contribution is -2.58. The molecule has 0 radical (unpaired) electrons. The second-order valence-electron chi connectivity index (χ2n) is 7.80. The predicted molar refractivity (Wildman–Crippen MR) is 116 cm³/mol. The van der Waals surface area contributed by atoms with Crippen molar-refractivity contribution < 1.29 is 12.8 Å². The van der Waals surface area contributed by atoms with Crippen LogP contribution >= 0.6 is 24.0 Å². The largest absolute Gasteiger partial charge is 0.355 e. The van der Waals surface area contributed by atoms with Crippen molar-refractivity contribution in [2.75, 3.05) is 32.4 Å². The van der Waals surface area contributed by atoms with Gasteiger partial charge in [0.2, 0.25) is 0 Å². The smallest absolute Gasteiger partial charge is 0.193 e. The van der Waals surface area contributed by atoms with E-state index >= 15 is 0 Å². The van der Waals surface area contributed by atoms with Crippen LogP contribution in [0.15, 0.2) is 29.3 Å². The van der Waals surface area contributed by atoms with Gasteiger partial charge in [-0.1, -0.05) is 26.0 Å². The van der Waals surface area contributed by atoms with Gasteiger partial charge in [-0.3, -0.25) is 4.99 Å². The van der Waals surface area contributed by atoms with Gasteiger partial charge in [0, 0.05) is 32.1 Å². The summed E-state index contributed by atoms with van der Waals surface area (Å²) in [7, 11) is -1.40. The average molecular weight is 497 g/mol. The number of nitrogens with zero attached hydrogens (tertiary/aromatic N) is 2. The summed E-state index contributed by atoms with van der Waals surface area (Å²) in [6.45, 7) is 8.95. The van der Waals surface area contributed by atoms with E-state index in [0.717, 1.165) is 5.56 Å². The molecule has 2 rings (SSSR count). The van der Waals surface area contributed by atoms with Crippen molar-refractivity contribution >= 4 is 39.8 Å². The summed E-state index contributed by atoms with van der Waals surface area (Å²) in [6.07, 6.45) is 0. The van der Waals surface area contributed by atoms with Crippen molar-refractivity contribution in [1.82, 2.24) is 10.2 Å². The number of halogens is 2. The average Bonchev–Trinajstić information content (AvgIpc) is 2.51. The molecule has 0 bridgehead atoms. The summed E-state index contributed by atoms with van der Waals surface area (Å²) in [5.74, 6) is 0.541. The Labute approximate surface area is 173 Å². The van der Waals surface area contributed by atoms with Crippen LogP contribution in [0, 0.1) is 5.82 Å². The first-order valence-corrected chi connectivity index (χ1v) is 10.1. The van der Waals surface area contributed by atoms with E-state index < -0.39 is 14.6 Å². The maximum Gasteiger partial charge on any atom is 0.193 e. The van der Waals surface area contributed by atoms with Crippen molar-refractivity contribution in [1.29, 1.82) is 0 Å². The minimum absolute atomic E-state index is 0.